The summed E-state index contributed by atoms with van der Waals surface area (Å²) in [5.74, 6) is 0. The van der Waals surface area contributed by atoms with Crippen molar-refractivity contribution in [2.45, 2.75) is 13.1 Å². The summed E-state index contributed by atoms with van der Waals surface area (Å²) >= 11 is 0. The minimum absolute atomic E-state index is 0.190. The molecular weight excluding hydrogens is 124 g/mol. The maximum atomic E-state index is 8.47. The maximum Gasteiger partial charge on any atom is 0.136 e. The summed E-state index contributed by atoms with van der Waals surface area (Å²) in [5.41, 5.74) is 0. The van der Waals surface area contributed by atoms with Gasteiger partial charge in [0.2, 0.25) is 0 Å². The van der Waals surface area contributed by atoms with Crippen molar-refractivity contribution in [3.63, 3.8) is 0 Å². The Morgan fingerprint density at radius 1 is 1.50 bits per heavy atom. The lowest BCUT2D eigenvalue weighted by Gasteiger charge is -1.91. The normalized spacial score (nSPS) is 14.0. The third-order valence-corrected chi connectivity index (χ3v) is 19.1. The van der Waals surface area contributed by atoms with Gasteiger partial charge in [-0.3, -0.25) is 0 Å². The van der Waals surface area contributed by atoms with Gasteiger partial charge in [0.1, 0.15) is 9.28 Å². The fourth-order valence-corrected chi connectivity index (χ4v) is 6.97. The van der Waals surface area contributed by atoms with Crippen LogP contribution in [0, 0.1) is 0 Å². The average Bonchev–Trinajstić information content (AvgIpc) is 1.35. The second-order valence-corrected chi connectivity index (χ2v) is 18.9. The number of rotatable bonds is 2. The minimum Gasteiger partial charge on any atom is -0.442 e. The van der Waals surface area contributed by atoms with Crippen molar-refractivity contribution in [1.82, 2.24) is 0 Å². The van der Waals surface area contributed by atoms with Crippen molar-refractivity contribution < 1.29 is 4.80 Å². The standard InChI is InChI=1S/C2H12OSi3/c1-6(2)5-4-3/h3,6H,4-5H2,1-2H3. The van der Waals surface area contributed by atoms with Crippen molar-refractivity contribution in [2.24, 2.45) is 0 Å². The van der Waals surface area contributed by atoms with Crippen LogP contribution in [0.25, 0.3) is 0 Å². The molecule has 0 bridgehead atoms. The van der Waals surface area contributed by atoms with Crippen LogP contribution in [0.15, 0.2) is 0 Å². The molecule has 0 saturated carbocycles. The molecule has 4 heteroatoms. The lowest BCUT2D eigenvalue weighted by atomic mass is 11.9. The number of hydrogen-bond acceptors (Lipinski definition) is 1. The van der Waals surface area contributed by atoms with E-state index in [1.807, 2.05) is 0 Å². The Balaban J connectivity index is 2.63. The van der Waals surface area contributed by atoms with Crippen LogP contribution in [0.2, 0.25) is 13.1 Å². The first-order valence-corrected chi connectivity index (χ1v) is 12.6. The lowest BCUT2D eigenvalue weighted by molar-refractivity contribution is 0.621. The van der Waals surface area contributed by atoms with E-state index >= 15 is 0 Å². The highest BCUT2D eigenvalue weighted by Gasteiger charge is 1.91. The largest absolute Gasteiger partial charge is 0.442 e. The van der Waals surface area contributed by atoms with Crippen LogP contribution in [-0.4, -0.2) is 30.9 Å². The molecule has 0 aliphatic carbocycles. The van der Waals surface area contributed by atoms with Gasteiger partial charge in [0, 0.05) is 16.9 Å². The van der Waals surface area contributed by atoms with Gasteiger partial charge in [0.25, 0.3) is 0 Å². The van der Waals surface area contributed by atoms with Crippen LogP contribution < -0.4 is 0 Å². The van der Waals surface area contributed by atoms with E-state index < -0.39 is 9.28 Å². The van der Waals surface area contributed by atoms with E-state index in [1.54, 1.807) is 0 Å². The van der Waals surface area contributed by atoms with Gasteiger partial charge in [0.15, 0.2) is 0 Å². The Morgan fingerprint density at radius 3 is 2.00 bits per heavy atom. The molecule has 0 aliphatic heterocycles. The van der Waals surface area contributed by atoms with Crippen LogP contribution in [-0.2, 0) is 0 Å². The fraction of sp³-hybridized carbons (Fsp3) is 1.00. The Hall–Kier alpha value is 0.611. The SMILES string of the molecule is C[SiH](C)[SiH2][SiH2]O. The molecular formula is C2H12OSi3. The monoisotopic (exact) mass is 136 g/mol. The first-order valence-electron chi connectivity index (χ1n) is 2.38. The quantitative estimate of drug-likeness (QED) is 0.441. The first-order chi connectivity index (χ1) is 2.77. The van der Waals surface area contributed by atoms with Crippen molar-refractivity contribution in [1.29, 1.82) is 0 Å². The molecule has 1 N–H and O–H groups in total. The summed E-state index contributed by atoms with van der Waals surface area (Å²) in [6.07, 6.45) is 0. The highest BCUT2D eigenvalue weighted by Crippen LogP contribution is 1.69. The zero-order valence-corrected chi connectivity index (χ0v) is 8.42. The zero-order chi connectivity index (χ0) is 4.99. The maximum absolute atomic E-state index is 8.47. The topological polar surface area (TPSA) is 20.2 Å². The molecule has 0 aromatic heterocycles. The first kappa shape index (κ1) is 6.61. The Bertz CT molecular complexity index is 30.0. The molecule has 0 aliphatic rings. The van der Waals surface area contributed by atoms with E-state index in [1.165, 1.54) is 0 Å². The molecule has 0 atom stereocenters. The third kappa shape index (κ3) is 4.61. The molecule has 0 fully saturated rings. The van der Waals surface area contributed by atoms with Gasteiger partial charge in [-0.1, -0.05) is 13.1 Å². The third-order valence-electron chi connectivity index (χ3n) is 0.706. The van der Waals surface area contributed by atoms with Gasteiger partial charge >= 0.3 is 0 Å². The molecule has 0 aromatic carbocycles. The Labute approximate surface area is 44.7 Å². The predicted octanol–water partition coefficient (Wildman–Crippen LogP) is -1.87. The van der Waals surface area contributed by atoms with Crippen LogP contribution in [0.4, 0.5) is 0 Å². The zero-order valence-electron chi connectivity index (χ0n) is 4.44. The van der Waals surface area contributed by atoms with Gasteiger partial charge in [-0.25, -0.2) is 0 Å². The van der Waals surface area contributed by atoms with Crippen LogP contribution >= 0.6 is 0 Å². The highest BCUT2D eigenvalue weighted by molar-refractivity contribution is 7.33. The molecule has 0 saturated heterocycles. The second kappa shape index (κ2) is 3.79. The lowest BCUT2D eigenvalue weighted by Crippen LogP contribution is -2.19. The van der Waals surface area contributed by atoms with E-state index in [-0.39, 0.29) is 16.9 Å². The minimum atomic E-state index is -0.433. The summed E-state index contributed by atoms with van der Waals surface area (Å²) < 4.78 is 0. The van der Waals surface area contributed by atoms with E-state index in [4.69, 9.17) is 4.80 Å². The summed E-state index contributed by atoms with van der Waals surface area (Å²) in [7, 11) is -0.463. The predicted molar refractivity (Wildman–Crippen MR) is 38.2 cm³/mol. The van der Waals surface area contributed by atoms with E-state index in [9.17, 15) is 0 Å². The van der Waals surface area contributed by atoms with Crippen molar-refractivity contribution in [2.75, 3.05) is 0 Å². The van der Waals surface area contributed by atoms with Crippen molar-refractivity contribution in [3.8, 4) is 0 Å². The van der Waals surface area contributed by atoms with Gasteiger partial charge in [-0.15, -0.1) is 0 Å². The van der Waals surface area contributed by atoms with E-state index in [0.717, 1.165) is 0 Å². The van der Waals surface area contributed by atoms with E-state index in [2.05, 4.69) is 13.1 Å². The summed E-state index contributed by atoms with van der Waals surface area (Å²) in [5, 5.41) is 0. The van der Waals surface area contributed by atoms with Gasteiger partial charge in [-0.2, -0.15) is 0 Å². The van der Waals surface area contributed by atoms with Crippen molar-refractivity contribution in [3.05, 3.63) is 0 Å². The molecule has 0 rings (SSSR count). The Morgan fingerprint density at radius 2 is 2.00 bits per heavy atom. The summed E-state index contributed by atoms with van der Waals surface area (Å²) in [6, 6.07) is 0. The van der Waals surface area contributed by atoms with Crippen molar-refractivity contribution >= 4 is 26.1 Å². The molecule has 6 heavy (non-hydrogen) atoms. The molecule has 0 heterocycles. The average molecular weight is 136 g/mol. The molecule has 0 radical (unpaired) electrons. The second-order valence-electron chi connectivity index (χ2n) is 1.91. The van der Waals surface area contributed by atoms with Crippen LogP contribution in [0.3, 0.4) is 0 Å². The molecule has 0 amide bonds. The summed E-state index contributed by atoms with van der Waals surface area (Å²) in [4.78, 5) is 8.47. The molecule has 38 valence electrons. The fourth-order valence-electron chi connectivity index (χ4n) is 0.258. The van der Waals surface area contributed by atoms with Gasteiger partial charge < -0.3 is 4.80 Å². The highest BCUT2D eigenvalue weighted by atomic mass is 29.5. The molecule has 0 spiro atoms. The van der Waals surface area contributed by atoms with Gasteiger partial charge in [-0.05, 0) is 0 Å². The Kier molecular flexibility index (Phi) is 4.17. The summed E-state index contributed by atoms with van der Waals surface area (Å²) in [6.45, 7) is 4.66. The molecule has 0 aromatic rings. The van der Waals surface area contributed by atoms with Crippen LogP contribution in [0.5, 0.6) is 0 Å². The van der Waals surface area contributed by atoms with E-state index in [0.29, 0.717) is 0 Å². The number of hydrogen-bond donors (Lipinski definition) is 1. The van der Waals surface area contributed by atoms with Gasteiger partial charge in [0.05, 0.1) is 0 Å². The molecule has 0 unspecified atom stereocenters. The molecule has 1 nitrogen and oxygen atoms in total. The van der Waals surface area contributed by atoms with Crippen LogP contribution in [0.1, 0.15) is 0 Å². The smallest absolute Gasteiger partial charge is 0.136 e.